The minimum Gasteiger partial charge on any atom is -0.353 e. The van der Waals surface area contributed by atoms with Crippen LogP contribution in [0.15, 0.2) is 30.3 Å². The van der Waals surface area contributed by atoms with Gasteiger partial charge in [0, 0.05) is 24.0 Å². The molecule has 25 heavy (non-hydrogen) atoms. The molecule has 1 aromatic rings. The van der Waals surface area contributed by atoms with E-state index < -0.39 is 0 Å². The topological polar surface area (TPSA) is 29.1 Å². The number of hydrogen-bond acceptors (Lipinski definition) is 2. The number of hydrogen-bond donors (Lipinski definition) is 1. The van der Waals surface area contributed by atoms with Gasteiger partial charge in [0.05, 0.1) is 0 Å². The van der Waals surface area contributed by atoms with Crippen LogP contribution in [0.2, 0.25) is 0 Å². The normalized spacial score (nSPS) is 18.1. The van der Waals surface area contributed by atoms with Crippen molar-refractivity contribution in [3.05, 3.63) is 35.9 Å². The van der Waals surface area contributed by atoms with Crippen molar-refractivity contribution in [2.24, 2.45) is 0 Å². The second-order valence-corrected chi connectivity index (χ2v) is 8.42. The summed E-state index contributed by atoms with van der Waals surface area (Å²) in [5.74, 6) is 2.16. The molecule has 0 aliphatic heterocycles. The molecule has 1 aliphatic carbocycles. The minimum atomic E-state index is 0.248. The quantitative estimate of drug-likeness (QED) is 0.620. The summed E-state index contributed by atoms with van der Waals surface area (Å²) >= 11 is 1.85. The van der Waals surface area contributed by atoms with Crippen molar-refractivity contribution in [3.8, 4) is 0 Å². The molecule has 0 spiro atoms. The number of carbonyl (C=O) groups excluding carboxylic acids is 1. The van der Waals surface area contributed by atoms with Gasteiger partial charge in [0.25, 0.3) is 0 Å². The third kappa shape index (κ3) is 9.94. The monoisotopic (exact) mass is 361 g/mol. The molecule has 0 aromatic heterocycles. The summed E-state index contributed by atoms with van der Waals surface area (Å²) in [7, 11) is 0. The molecule has 0 atom stereocenters. The van der Waals surface area contributed by atoms with E-state index in [9.17, 15) is 4.79 Å². The van der Waals surface area contributed by atoms with Gasteiger partial charge in [-0.2, -0.15) is 11.8 Å². The average molecular weight is 362 g/mol. The molecule has 0 saturated heterocycles. The Balaban J connectivity index is 1.62. The molecule has 3 heteroatoms. The molecule has 1 aromatic carbocycles. The van der Waals surface area contributed by atoms with Crippen LogP contribution < -0.4 is 5.32 Å². The molecule has 0 bridgehead atoms. The van der Waals surface area contributed by atoms with E-state index in [-0.39, 0.29) is 5.91 Å². The third-order valence-electron chi connectivity index (χ3n) is 5.06. The van der Waals surface area contributed by atoms with E-state index in [4.69, 9.17) is 0 Å². The number of benzene rings is 1. The van der Waals surface area contributed by atoms with Gasteiger partial charge in [0.15, 0.2) is 0 Å². The Labute approximate surface area is 158 Å². The Bertz CT molecular complexity index is 450. The van der Waals surface area contributed by atoms with Gasteiger partial charge in [-0.05, 0) is 18.4 Å². The summed E-state index contributed by atoms with van der Waals surface area (Å²) in [5, 5.41) is 3.32. The van der Waals surface area contributed by atoms with Crippen molar-refractivity contribution in [2.45, 2.75) is 88.8 Å². The predicted octanol–water partition coefficient (Wildman–Crippen LogP) is 6.10. The molecule has 1 fully saturated rings. The Hall–Kier alpha value is -0.960. The fraction of sp³-hybridized carbons (Fsp3) is 0.682. The molecule has 1 aliphatic rings. The molecule has 1 amide bonds. The lowest BCUT2D eigenvalue weighted by atomic mass is 9.98. The van der Waals surface area contributed by atoms with E-state index in [0.29, 0.717) is 12.5 Å². The van der Waals surface area contributed by atoms with Gasteiger partial charge in [0.2, 0.25) is 5.91 Å². The van der Waals surface area contributed by atoms with E-state index >= 15 is 0 Å². The maximum Gasteiger partial charge on any atom is 0.221 e. The standard InChI is InChI=1S/C22H35NOS/c24-22(17-18-25-19-20-13-9-8-10-14-20)23-21-15-11-6-4-2-1-3-5-7-12-16-21/h8-10,13-14,21H,1-7,11-12,15-19H2,(H,23,24). The number of thioether (sulfide) groups is 1. The molecule has 0 unspecified atom stereocenters. The van der Waals surface area contributed by atoms with E-state index in [2.05, 4.69) is 29.6 Å². The van der Waals surface area contributed by atoms with Gasteiger partial charge in [-0.3, -0.25) is 4.79 Å². The molecular weight excluding hydrogens is 326 g/mol. The van der Waals surface area contributed by atoms with E-state index in [1.54, 1.807) is 0 Å². The van der Waals surface area contributed by atoms with Crippen LogP contribution in [0.25, 0.3) is 0 Å². The highest BCUT2D eigenvalue weighted by Crippen LogP contribution is 2.17. The maximum absolute atomic E-state index is 12.3. The lowest BCUT2D eigenvalue weighted by Gasteiger charge is -2.19. The van der Waals surface area contributed by atoms with Gasteiger partial charge in [0.1, 0.15) is 0 Å². The fourth-order valence-corrected chi connectivity index (χ4v) is 4.44. The lowest BCUT2D eigenvalue weighted by molar-refractivity contribution is -0.121. The number of carbonyl (C=O) groups is 1. The Morgan fingerprint density at radius 2 is 1.44 bits per heavy atom. The summed E-state index contributed by atoms with van der Waals surface area (Å²) < 4.78 is 0. The zero-order valence-corrected chi connectivity index (χ0v) is 16.5. The molecule has 0 heterocycles. The van der Waals surface area contributed by atoms with Crippen LogP contribution in [-0.2, 0) is 10.5 Å². The highest BCUT2D eigenvalue weighted by molar-refractivity contribution is 7.98. The van der Waals surface area contributed by atoms with Crippen LogP contribution in [0.4, 0.5) is 0 Å². The Morgan fingerprint density at radius 1 is 0.880 bits per heavy atom. The van der Waals surface area contributed by atoms with Crippen molar-refractivity contribution < 1.29 is 4.79 Å². The number of amides is 1. The highest BCUT2D eigenvalue weighted by Gasteiger charge is 2.12. The molecule has 2 rings (SSSR count). The summed E-state index contributed by atoms with van der Waals surface area (Å²) in [4.78, 5) is 12.3. The fourth-order valence-electron chi connectivity index (χ4n) is 3.54. The average Bonchev–Trinajstić information content (AvgIpc) is 2.62. The van der Waals surface area contributed by atoms with Crippen LogP contribution in [-0.4, -0.2) is 17.7 Å². The molecular formula is C22H35NOS. The zero-order chi connectivity index (χ0) is 17.6. The van der Waals surface area contributed by atoms with Gasteiger partial charge in [-0.25, -0.2) is 0 Å². The molecule has 1 N–H and O–H groups in total. The van der Waals surface area contributed by atoms with Crippen molar-refractivity contribution in [2.75, 3.05) is 5.75 Å². The molecule has 0 radical (unpaired) electrons. The van der Waals surface area contributed by atoms with Crippen molar-refractivity contribution in [1.82, 2.24) is 5.32 Å². The first-order valence-electron chi connectivity index (χ1n) is 10.3. The summed E-state index contributed by atoms with van der Waals surface area (Å²) in [6, 6.07) is 10.9. The van der Waals surface area contributed by atoms with Crippen LogP contribution in [0, 0.1) is 0 Å². The van der Waals surface area contributed by atoms with Crippen LogP contribution in [0.1, 0.15) is 82.6 Å². The lowest BCUT2D eigenvalue weighted by Crippen LogP contribution is -2.35. The largest absolute Gasteiger partial charge is 0.353 e. The number of rotatable bonds is 6. The van der Waals surface area contributed by atoms with Crippen molar-refractivity contribution in [3.63, 3.8) is 0 Å². The molecule has 2 nitrogen and oxygen atoms in total. The van der Waals surface area contributed by atoms with Crippen molar-refractivity contribution in [1.29, 1.82) is 0 Å². The smallest absolute Gasteiger partial charge is 0.221 e. The van der Waals surface area contributed by atoms with Crippen LogP contribution >= 0.6 is 11.8 Å². The maximum atomic E-state index is 12.3. The van der Waals surface area contributed by atoms with Crippen molar-refractivity contribution >= 4 is 17.7 Å². The first-order chi connectivity index (χ1) is 12.3. The van der Waals surface area contributed by atoms with Gasteiger partial charge < -0.3 is 5.32 Å². The van der Waals surface area contributed by atoms with E-state index in [1.807, 2.05) is 17.8 Å². The highest BCUT2D eigenvalue weighted by atomic mass is 32.2. The third-order valence-corrected chi connectivity index (χ3v) is 6.09. The predicted molar refractivity (Wildman–Crippen MR) is 110 cm³/mol. The Morgan fingerprint density at radius 3 is 2.04 bits per heavy atom. The van der Waals surface area contributed by atoms with Crippen LogP contribution in [0.5, 0.6) is 0 Å². The Kier molecular flexibility index (Phi) is 10.8. The van der Waals surface area contributed by atoms with Gasteiger partial charge in [-0.1, -0.05) is 88.1 Å². The first-order valence-corrected chi connectivity index (χ1v) is 11.4. The van der Waals surface area contributed by atoms with Crippen LogP contribution in [0.3, 0.4) is 0 Å². The summed E-state index contributed by atoms with van der Waals surface area (Å²) in [5.41, 5.74) is 1.34. The SMILES string of the molecule is O=C(CCSCc1ccccc1)NC1CCCCCCCCCCC1. The molecule has 140 valence electrons. The molecule has 1 saturated carbocycles. The second-order valence-electron chi connectivity index (χ2n) is 7.31. The van der Waals surface area contributed by atoms with E-state index in [1.165, 1.54) is 76.2 Å². The van der Waals surface area contributed by atoms with Gasteiger partial charge >= 0.3 is 0 Å². The number of nitrogens with one attached hydrogen (secondary N) is 1. The van der Waals surface area contributed by atoms with E-state index in [0.717, 1.165) is 11.5 Å². The summed E-state index contributed by atoms with van der Waals surface area (Å²) in [6.07, 6.45) is 15.2. The second kappa shape index (κ2) is 13.3. The van der Waals surface area contributed by atoms with Gasteiger partial charge in [-0.15, -0.1) is 0 Å². The zero-order valence-electron chi connectivity index (χ0n) is 15.7. The summed E-state index contributed by atoms with van der Waals surface area (Å²) in [6.45, 7) is 0. The minimum absolute atomic E-state index is 0.248. The first kappa shape index (κ1) is 20.4.